The number of aliphatic carboxylic acids is 1. The lowest BCUT2D eigenvalue weighted by Gasteiger charge is -2.28. The Morgan fingerprint density at radius 1 is 1.20 bits per heavy atom. The molecule has 1 fully saturated rings. The van der Waals surface area contributed by atoms with Crippen molar-refractivity contribution < 1.29 is 14.7 Å². The van der Waals surface area contributed by atoms with Crippen LogP contribution in [0.2, 0.25) is 0 Å². The molecule has 1 aromatic carbocycles. The lowest BCUT2D eigenvalue weighted by Crippen LogP contribution is -2.40. The van der Waals surface area contributed by atoms with Crippen molar-refractivity contribution in [1.29, 1.82) is 0 Å². The summed E-state index contributed by atoms with van der Waals surface area (Å²) in [6.07, 6.45) is 2.37. The summed E-state index contributed by atoms with van der Waals surface area (Å²) in [6.45, 7) is 6.47. The zero-order valence-corrected chi connectivity index (χ0v) is 14.8. The normalized spacial score (nSPS) is 20.2. The molecule has 1 unspecified atom stereocenters. The topological polar surface area (TPSA) is 75.4 Å². The van der Waals surface area contributed by atoms with E-state index in [1.807, 2.05) is 45.2 Å². The van der Waals surface area contributed by atoms with Gasteiger partial charge >= 0.3 is 5.97 Å². The maximum Gasteiger partial charge on any atom is 0.311 e. The molecular weight excluding hydrogens is 318 g/mol. The molecule has 0 bridgehead atoms. The van der Waals surface area contributed by atoms with E-state index in [-0.39, 0.29) is 18.4 Å². The van der Waals surface area contributed by atoms with Crippen LogP contribution in [0.4, 0.5) is 0 Å². The number of carboxylic acids is 1. The van der Waals surface area contributed by atoms with Gasteiger partial charge in [0.2, 0.25) is 0 Å². The molecule has 0 aliphatic carbocycles. The van der Waals surface area contributed by atoms with Crippen molar-refractivity contribution in [3.63, 3.8) is 0 Å². The fourth-order valence-electron chi connectivity index (χ4n) is 3.40. The fourth-order valence-corrected chi connectivity index (χ4v) is 3.40. The van der Waals surface area contributed by atoms with E-state index < -0.39 is 11.4 Å². The first-order valence-corrected chi connectivity index (χ1v) is 8.49. The summed E-state index contributed by atoms with van der Waals surface area (Å²) in [5, 5.41) is 14.0. The van der Waals surface area contributed by atoms with E-state index in [2.05, 4.69) is 5.10 Å². The van der Waals surface area contributed by atoms with Crippen LogP contribution >= 0.6 is 0 Å². The molecule has 6 heteroatoms. The first-order valence-electron chi connectivity index (χ1n) is 8.49. The number of carboxylic acid groups (broad SMARTS) is 1. The van der Waals surface area contributed by atoms with E-state index in [0.29, 0.717) is 18.5 Å². The SMILES string of the molecule is Cc1ccn(-c2ccc(C(=O)N3CCC(C(=O)O)(C(C)C)C3)cc2)n1. The molecular formula is C19H23N3O3. The van der Waals surface area contributed by atoms with Crippen LogP contribution in [-0.2, 0) is 4.79 Å². The Hall–Kier alpha value is -2.63. The molecule has 1 N–H and O–H groups in total. The second kappa shape index (κ2) is 6.35. The number of aromatic nitrogens is 2. The minimum atomic E-state index is -0.845. The number of rotatable bonds is 4. The lowest BCUT2D eigenvalue weighted by atomic mass is 9.76. The summed E-state index contributed by atoms with van der Waals surface area (Å²) in [6, 6.07) is 9.15. The highest BCUT2D eigenvalue weighted by Crippen LogP contribution is 2.38. The molecule has 132 valence electrons. The molecule has 1 atom stereocenters. The summed E-state index contributed by atoms with van der Waals surface area (Å²) in [7, 11) is 0. The highest BCUT2D eigenvalue weighted by atomic mass is 16.4. The largest absolute Gasteiger partial charge is 0.481 e. The molecule has 1 aromatic heterocycles. The molecule has 2 aromatic rings. The number of amides is 1. The Labute approximate surface area is 147 Å². The fraction of sp³-hybridized carbons (Fsp3) is 0.421. The van der Waals surface area contributed by atoms with Gasteiger partial charge in [0.05, 0.1) is 16.8 Å². The zero-order valence-electron chi connectivity index (χ0n) is 14.8. The van der Waals surface area contributed by atoms with Crippen molar-refractivity contribution in [1.82, 2.24) is 14.7 Å². The number of carbonyl (C=O) groups is 2. The standard InChI is InChI=1S/C19H23N3O3/c1-13(2)19(18(24)25)9-11-21(12-19)17(23)15-4-6-16(7-5-15)22-10-8-14(3)20-22/h4-8,10,13H,9,11-12H2,1-3H3,(H,24,25). The predicted octanol–water partition coefficient (Wildman–Crippen LogP) is 2.75. The Kier molecular flexibility index (Phi) is 4.37. The van der Waals surface area contributed by atoms with Crippen LogP contribution in [0.5, 0.6) is 0 Å². The quantitative estimate of drug-likeness (QED) is 0.928. The average molecular weight is 341 g/mol. The Balaban J connectivity index is 1.77. The van der Waals surface area contributed by atoms with Gasteiger partial charge < -0.3 is 10.0 Å². The smallest absolute Gasteiger partial charge is 0.311 e. The van der Waals surface area contributed by atoms with Crippen LogP contribution < -0.4 is 0 Å². The Morgan fingerprint density at radius 2 is 1.88 bits per heavy atom. The van der Waals surface area contributed by atoms with Crippen molar-refractivity contribution in [3.8, 4) is 5.69 Å². The predicted molar refractivity (Wildman–Crippen MR) is 93.7 cm³/mol. The third kappa shape index (κ3) is 3.04. The van der Waals surface area contributed by atoms with E-state index in [1.54, 1.807) is 21.7 Å². The summed E-state index contributed by atoms with van der Waals surface area (Å²) in [5.74, 6) is -0.956. The van der Waals surface area contributed by atoms with Gasteiger partial charge in [0, 0.05) is 24.8 Å². The van der Waals surface area contributed by atoms with Crippen molar-refractivity contribution in [2.75, 3.05) is 13.1 Å². The van der Waals surface area contributed by atoms with Crippen LogP contribution in [0.1, 0.15) is 36.3 Å². The van der Waals surface area contributed by atoms with Gasteiger partial charge in [-0.2, -0.15) is 5.10 Å². The molecule has 6 nitrogen and oxygen atoms in total. The van der Waals surface area contributed by atoms with E-state index in [4.69, 9.17) is 0 Å². The van der Waals surface area contributed by atoms with Gasteiger partial charge in [-0.3, -0.25) is 9.59 Å². The maximum absolute atomic E-state index is 12.7. The van der Waals surface area contributed by atoms with Crippen LogP contribution in [0.25, 0.3) is 5.69 Å². The van der Waals surface area contributed by atoms with Gasteiger partial charge in [0.25, 0.3) is 5.91 Å². The highest BCUT2D eigenvalue weighted by molar-refractivity contribution is 5.95. The zero-order chi connectivity index (χ0) is 18.2. The van der Waals surface area contributed by atoms with E-state index in [1.165, 1.54) is 0 Å². The molecule has 0 spiro atoms. The summed E-state index contributed by atoms with van der Waals surface area (Å²) in [5.41, 5.74) is 1.53. The molecule has 25 heavy (non-hydrogen) atoms. The van der Waals surface area contributed by atoms with Crippen molar-refractivity contribution in [2.24, 2.45) is 11.3 Å². The molecule has 3 rings (SSSR count). The van der Waals surface area contributed by atoms with Crippen molar-refractivity contribution in [2.45, 2.75) is 27.2 Å². The van der Waals surface area contributed by atoms with Crippen molar-refractivity contribution in [3.05, 3.63) is 47.8 Å². The monoisotopic (exact) mass is 341 g/mol. The Morgan fingerprint density at radius 3 is 2.36 bits per heavy atom. The van der Waals surface area contributed by atoms with Gasteiger partial charge in [-0.15, -0.1) is 0 Å². The molecule has 1 aliphatic rings. The summed E-state index contributed by atoms with van der Waals surface area (Å²) >= 11 is 0. The van der Waals surface area contributed by atoms with Gasteiger partial charge in [-0.1, -0.05) is 13.8 Å². The number of hydrogen-bond donors (Lipinski definition) is 1. The van der Waals surface area contributed by atoms with Crippen LogP contribution in [0.15, 0.2) is 36.5 Å². The minimum absolute atomic E-state index is 0.0202. The molecule has 1 aliphatic heterocycles. The highest BCUT2D eigenvalue weighted by Gasteiger charge is 2.48. The lowest BCUT2D eigenvalue weighted by molar-refractivity contribution is -0.150. The van der Waals surface area contributed by atoms with E-state index >= 15 is 0 Å². The summed E-state index contributed by atoms with van der Waals surface area (Å²) in [4.78, 5) is 26.1. The first kappa shape index (κ1) is 17.2. The number of likely N-dealkylation sites (tertiary alicyclic amines) is 1. The summed E-state index contributed by atoms with van der Waals surface area (Å²) < 4.78 is 1.76. The van der Waals surface area contributed by atoms with Crippen LogP contribution in [-0.4, -0.2) is 44.8 Å². The van der Waals surface area contributed by atoms with E-state index in [0.717, 1.165) is 11.4 Å². The van der Waals surface area contributed by atoms with Crippen molar-refractivity contribution >= 4 is 11.9 Å². The third-order valence-corrected chi connectivity index (χ3v) is 5.22. The maximum atomic E-state index is 12.7. The first-order chi connectivity index (χ1) is 11.8. The van der Waals surface area contributed by atoms with Gasteiger partial charge in [0.15, 0.2) is 0 Å². The average Bonchev–Trinajstić information content (AvgIpc) is 3.22. The van der Waals surface area contributed by atoms with Gasteiger partial charge in [-0.05, 0) is 49.6 Å². The van der Waals surface area contributed by atoms with Crippen LogP contribution in [0.3, 0.4) is 0 Å². The van der Waals surface area contributed by atoms with Gasteiger partial charge in [-0.25, -0.2) is 4.68 Å². The third-order valence-electron chi connectivity index (χ3n) is 5.22. The molecule has 0 saturated carbocycles. The minimum Gasteiger partial charge on any atom is -0.481 e. The molecule has 2 heterocycles. The van der Waals surface area contributed by atoms with E-state index in [9.17, 15) is 14.7 Å². The molecule has 0 radical (unpaired) electrons. The van der Waals surface area contributed by atoms with Gasteiger partial charge in [0.1, 0.15) is 0 Å². The number of benzene rings is 1. The number of aryl methyl sites for hydroxylation is 1. The van der Waals surface area contributed by atoms with Crippen LogP contribution in [0, 0.1) is 18.3 Å². The second-order valence-corrected chi connectivity index (χ2v) is 7.04. The Bertz CT molecular complexity index is 795. The molecule has 1 saturated heterocycles. The number of hydrogen-bond acceptors (Lipinski definition) is 3. The second-order valence-electron chi connectivity index (χ2n) is 7.04. The number of nitrogens with zero attached hydrogens (tertiary/aromatic N) is 3. The number of carbonyl (C=O) groups excluding carboxylic acids is 1. The molecule has 1 amide bonds.